The number of carbonyl (C=O) groups is 1. The molecule has 0 saturated carbocycles. The first-order chi connectivity index (χ1) is 14.0. The number of esters is 1. The maximum Gasteiger partial charge on any atom is 0.338 e. The third-order valence-electron chi connectivity index (χ3n) is 4.61. The van der Waals surface area contributed by atoms with Gasteiger partial charge < -0.3 is 9.47 Å². The first-order valence-corrected chi connectivity index (χ1v) is 10.8. The monoisotopic (exact) mass is 414 g/mol. The number of rotatable bonds is 7. The largest absolute Gasteiger partial charge is 0.490 e. The first-order valence-electron chi connectivity index (χ1n) is 9.41. The van der Waals surface area contributed by atoms with Crippen LogP contribution in [0.15, 0.2) is 53.4 Å². The molecule has 29 heavy (non-hydrogen) atoms. The minimum Gasteiger partial charge on any atom is -0.490 e. The van der Waals surface area contributed by atoms with Crippen molar-refractivity contribution >= 4 is 16.0 Å². The van der Waals surface area contributed by atoms with Crippen molar-refractivity contribution in [3.63, 3.8) is 0 Å². The summed E-state index contributed by atoms with van der Waals surface area (Å²) < 4.78 is 37.4. The zero-order valence-electron chi connectivity index (χ0n) is 15.9. The molecular formula is C21H22N2O5S. The maximum atomic E-state index is 12.6. The maximum absolute atomic E-state index is 12.6. The van der Waals surface area contributed by atoms with E-state index in [-0.39, 0.29) is 23.7 Å². The van der Waals surface area contributed by atoms with Gasteiger partial charge in [-0.3, -0.25) is 0 Å². The summed E-state index contributed by atoms with van der Waals surface area (Å²) in [4.78, 5) is 12.3. The Kier molecular flexibility index (Phi) is 6.86. The molecule has 1 fully saturated rings. The van der Waals surface area contributed by atoms with E-state index in [4.69, 9.17) is 14.7 Å². The lowest BCUT2D eigenvalue weighted by molar-refractivity contribution is 0.0450. The number of benzene rings is 2. The summed E-state index contributed by atoms with van der Waals surface area (Å²) in [6, 6.07) is 14.4. The van der Waals surface area contributed by atoms with Crippen LogP contribution in [-0.2, 0) is 14.8 Å². The Bertz CT molecular complexity index is 973. The Morgan fingerprint density at radius 1 is 0.966 bits per heavy atom. The van der Waals surface area contributed by atoms with E-state index in [0.717, 1.165) is 19.3 Å². The summed E-state index contributed by atoms with van der Waals surface area (Å²) in [6.07, 6.45) is 2.79. The van der Waals surface area contributed by atoms with Gasteiger partial charge in [-0.05, 0) is 61.4 Å². The molecule has 0 bridgehead atoms. The molecule has 0 amide bonds. The Labute approximate surface area is 170 Å². The van der Waals surface area contributed by atoms with Gasteiger partial charge in [-0.2, -0.15) is 9.57 Å². The number of nitriles is 1. The van der Waals surface area contributed by atoms with Crippen LogP contribution < -0.4 is 4.74 Å². The molecule has 0 N–H and O–H groups in total. The van der Waals surface area contributed by atoms with Crippen LogP contribution in [0.4, 0.5) is 0 Å². The molecule has 7 nitrogen and oxygen atoms in total. The highest BCUT2D eigenvalue weighted by Crippen LogP contribution is 2.21. The molecule has 8 heteroatoms. The predicted molar refractivity (Wildman–Crippen MR) is 106 cm³/mol. The van der Waals surface area contributed by atoms with E-state index in [1.165, 1.54) is 28.6 Å². The van der Waals surface area contributed by atoms with Crippen LogP contribution in [0.2, 0.25) is 0 Å². The highest BCUT2D eigenvalue weighted by molar-refractivity contribution is 7.89. The molecular weight excluding hydrogens is 392 g/mol. The number of hydrogen-bond donors (Lipinski definition) is 0. The average Bonchev–Trinajstić information content (AvgIpc) is 2.77. The molecule has 0 radical (unpaired) electrons. The van der Waals surface area contributed by atoms with Gasteiger partial charge in [0.05, 0.1) is 22.1 Å². The number of nitrogens with zero attached hydrogens (tertiary/aromatic N) is 2. The van der Waals surface area contributed by atoms with Crippen molar-refractivity contribution in [3.8, 4) is 11.8 Å². The lowest BCUT2D eigenvalue weighted by atomic mass is 10.2. The molecule has 2 aromatic carbocycles. The second-order valence-corrected chi connectivity index (χ2v) is 8.55. The smallest absolute Gasteiger partial charge is 0.338 e. The van der Waals surface area contributed by atoms with Crippen LogP contribution >= 0.6 is 0 Å². The zero-order valence-corrected chi connectivity index (χ0v) is 16.7. The van der Waals surface area contributed by atoms with Crippen molar-refractivity contribution in [2.24, 2.45) is 0 Å². The summed E-state index contributed by atoms with van der Waals surface area (Å²) in [6.45, 7) is 1.28. The van der Waals surface area contributed by atoms with Gasteiger partial charge in [0.25, 0.3) is 0 Å². The minimum atomic E-state index is -3.52. The van der Waals surface area contributed by atoms with E-state index in [1.807, 2.05) is 6.07 Å². The fourth-order valence-corrected chi connectivity index (χ4v) is 4.54. The van der Waals surface area contributed by atoms with Gasteiger partial charge in [0.15, 0.2) is 0 Å². The summed E-state index contributed by atoms with van der Waals surface area (Å²) in [5.74, 6) is 0.0303. The van der Waals surface area contributed by atoms with Crippen LogP contribution in [-0.4, -0.2) is 45.0 Å². The van der Waals surface area contributed by atoms with Gasteiger partial charge >= 0.3 is 5.97 Å². The SMILES string of the molecule is N#Cc1ccc(OCCOC(=O)c2ccc(S(=O)(=O)N3CCCCC3)cc2)cc1. The molecule has 3 rings (SSSR count). The van der Waals surface area contributed by atoms with Crippen molar-refractivity contribution in [2.45, 2.75) is 24.2 Å². The first kappa shape index (κ1) is 20.8. The molecule has 0 unspecified atom stereocenters. The van der Waals surface area contributed by atoms with Crippen molar-refractivity contribution in [3.05, 3.63) is 59.7 Å². The van der Waals surface area contributed by atoms with Crippen molar-refractivity contribution in [1.82, 2.24) is 4.31 Å². The average molecular weight is 414 g/mol. The van der Waals surface area contributed by atoms with Crippen LogP contribution in [0.3, 0.4) is 0 Å². The Hall–Kier alpha value is -2.89. The second-order valence-electron chi connectivity index (χ2n) is 6.61. The van der Waals surface area contributed by atoms with E-state index >= 15 is 0 Å². The number of hydrogen-bond acceptors (Lipinski definition) is 6. The topological polar surface area (TPSA) is 96.7 Å². The standard InChI is InChI=1S/C21H22N2O5S/c22-16-17-4-8-19(9-5-17)27-14-15-28-21(24)18-6-10-20(11-7-18)29(25,26)23-12-2-1-3-13-23/h4-11H,1-3,12-15H2. The fourth-order valence-electron chi connectivity index (χ4n) is 3.02. The molecule has 0 aromatic heterocycles. The second kappa shape index (κ2) is 9.54. The van der Waals surface area contributed by atoms with Crippen molar-refractivity contribution in [1.29, 1.82) is 5.26 Å². The molecule has 1 heterocycles. The highest BCUT2D eigenvalue weighted by atomic mass is 32.2. The van der Waals surface area contributed by atoms with Gasteiger partial charge in [-0.1, -0.05) is 6.42 Å². The number of carbonyl (C=O) groups excluding carboxylic acids is 1. The Balaban J connectivity index is 1.50. The van der Waals surface area contributed by atoms with E-state index in [2.05, 4.69) is 0 Å². The molecule has 152 valence electrons. The van der Waals surface area contributed by atoms with Gasteiger partial charge in [0.2, 0.25) is 10.0 Å². The van der Waals surface area contributed by atoms with Crippen molar-refractivity contribution in [2.75, 3.05) is 26.3 Å². The molecule has 0 spiro atoms. The van der Waals surface area contributed by atoms with Gasteiger partial charge in [-0.25, -0.2) is 13.2 Å². The van der Waals surface area contributed by atoms with E-state index in [9.17, 15) is 13.2 Å². The highest BCUT2D eigenvalue weighted by Gasteiger charge is 2.26. The van der Waals surface area contributed by atoms with Crippen LogP contribution in [0.25, 0.3) is 0 Å². The van der Waals surface area contributed by atoms with Crippen LogP contribution in [0.1, 0.15) is 35.2 Å². The van der Waals surface area contributed by atoms with E-state index < -0.39 is 16.0 Å². The van der Waals surface area contributed by atoms with Gasteiger partial charge in [-0.15, -0.1) is 0 Å². The van der Waals surface area contributed by atoms with Crippen LogP contribution in [0.5, 0.6) is 5.75 Å². The summed E-state index contributed by atoms with van der Waals surface area (Å²) in [5, 5.41) is 8.76. The summed E-state index contributed by atoms with van der Waals surface area (Å²) in [7, 11) is -3.52. The lowest BCUT2D eigenvalue weighted by Gasteiger charge is -2.25. The number of sulfonamides is 1. The minimum absolute atomic E-state index is 0.0483. The molecule has 0 aliphatic carbocycles. The lowest BCUT2D eigenvalue weighted by Crippen LogP contribution is -2.35. The molecule has 1 aliphatic rings. The quantitative estimate of drug-likeness (QED) is 0.510. The third kappa shape index (κ3) is 5.34. The molecule has 2 aromatic rings. The predicted octanol–water partition coefficient (Wildman–Crippen LogP) is 2.97. The van der Waals surface area contributed by atoms with Gasteiger partial charge in [0, 0.05) is 13.1 Å². The van der Waals surface area contributed by atoms with Crippen LogP contribution in [0, 0.1) is 11.3 Å². The Morgan fingerprint density at radius 2 is 1.62 bits per heavy atom. The third-order valence-corrected chi connectivity index (χ3v) is 6.52. The molecule has 1 saturated heterocycles. The fraction of sp³-hybridized carbons (Fsp3) is 0.333. The summed E-state index contributed by atoms with van der Waals surface area (Å²) in [5.41, 5.74) is 0.815. The number of ether oxygens (including phenoxy) is 2. The van der Waals surface area contributed by atoms with E-state index in [0.29, 0.717) is 24.4 Å². The van der Waals surface area contributed by atoms with Crippen molar-refractivity contribution < 1.29 is 22.7 Å². The van der Waals surface area contributed by atoms with E-state index in [1.54, 1.807) is 24.3 Å². The Morgan fingerprint density at radius 3 is 2.24 bits per heavy atom. The molecule has 0 atom stereocenters. The summed E-state index contributed by atoms with van der Waals surface area (Å²) >= 11 is 0. The zero-order chi connectivity index (χ0) is 20.7. The molecule has 1 aliphatic heterocycles. The number of piperidine rings is 1. The normalized spacial score (nSPS) is 14.7. The van der Waals surface area contributed by atoms with Gasteiger partial charge in [0.1, 0.15) is 19.0 Å².